The van der Waals surface area contributed by atoms with Gasteiger partial charge in [-0.15, -0.1) is 0 Å². The normalized spacial score (nSPS) is 21.4. The van der Waals surface area contributed by atoms with E-state index in [1.807, 2.05) is 19.0 Å². The largest absolute Gasteiger partial charge is 0.476 e. The van der Waals surface area contributed by atoms with Crippen LogP contribution in [0.15, 0.2) is 42.6 Å². The highest BCUT2D eigenvalue weighted by molar-refractivity contribution is 5.95. The second-order valence-electron chi connectivity index (χ2n) is 8.13. The molecule has 174 valence electrons. The topological polar surface area (TPSA) is 72.9 Å². The van der Waals surface area contributed by atoms with Crippen molar-refractivity contribution in [3.05, 3.63) is 53.7 Å². The molecule has 1 amide bonds. The van der Waals surface area contributed by atoms with Crippen LogP contribution >= 0.6 is 0 Å². The van der Waals surface area contributed by atoms with E-state index >= 15 is 0 Å². The van der Waals surface area contributed by atoms with Crippen molar-refractivity contribution in [1.82, 2.24) is 9.88 Å². The molecule has 2 aromatic rings. The van der Waals surface area contributed by atoms with Crippen LogP contribution in [0.4, 0.5) is 18.9 Å². The summed E-state index contributed by atoms with van der Waals surface area (Å²) in [6, 6.07) is 8.10. The van der Waals surface area contributed by atoms with E-state index in [2.05, 4.69) is 10.3 Å². The van der Waals surface area contributed by atoms with Gasteiger partial charge in [0, 0.05) is 18.2 Å². The van der Waals surface area contributed by atoms with Crippen molar-refractivity contribution in [2.24, 2.45) is 5.41 Å². The number of amides is 1. The molecule has 3 rings (SSSR count). The minimum atomic E-state index is -4.46. The van der Waals surface area contributed by atoms with E-state index in [0.29, 0.717) is 18.2 Å². The summed E-state index contributed by atoms with van der Waals surface area (Å²) in [4.78, 5) is 18.9. The number of likely N-dealkylation sites (N-methyl/N-ethyl adjacent to an activating group) is 1. The Bertz CT molecular complexity index is 911. The molecule has 1 N–H and O–H groups in total. The number of anilines is 1. The zero-order valence-electron chi connectivity index (χ0n) is 18.1. The molecule has 1 fully saturated rings. The van der Waals surface area contributed by atoms with E-state index in [1.165, 1.54) is 18.3 Å². The lowest BCUT2D eigenvalue weighted by molar-refractivity contribution is -0.226. The number of nitrogens with zero attached hydrogens (tertiary/aromatic N) is 2. The van der Waals surface area contributed by atoms with Crippen molar-refractivity contribution in [1.29, 1.82) is 0 Å². The number of rotatable bonds is 7. The molecule has 0 unspecified atom stereocenters. The van der Waals surface area contributed by atoms with Gasteiger partial charge in [0.05, 0.1) is 36.1 Å². The van der Waals surface area contributed by atoms with Gasteiger partial charge in [-0.25, -0.2) is 4.98 Å². The monoisotopic (exact) mass is 453 g/mol. The Kier molecular flexibility index (Phi) is 7.37. The summed E-state index contributed by atoms with van der Waals surface area (Å²) in [7, 11) is 3.88. The Labute approximate surface area is 184 Å². The Morgan fingerprint density at radius 1 is 1.25 bits per heavy atom. The lowest BCUT2D eigenvalue weighted by Crippen LogP contribution is -2.45. The smallest absolute Gasteiger partial charge is 0.416 e. The summed E-state index contributed by atoms with van der Waals surface area (Å²) < 4.78 is 55.5. The molecule has 0 atom stereocenters. The average molecular weight is 453 g/mol. The van der Waals surface area contributed by atoms with Crippen LogP contribution in [0.1, 0.15) is 24.3 Å². The highest BCUT2D eigenvalue weighted by Gasteiger charge is 2.40. The first-order valence-electron chi connectivity index (χ1n) is 10.0. The summed E-state index contributed by atoms with van der Waals surface area (Å²) >= 11 is 0. The van der Waals surface area contributed by atoms with Crippen molar-refractivity contribution >= 4 is 11.6 Å². The predicted molar refractivity (Wildman–Crippen MR) is 111 cm³/mol. The van der Waals surface area contributed by atoms with Crippen molar-refractivity contribution in [3.63, 3.8) is 0 Å². The van der Waals surface area contributed by atoms with E-state index in [4.69, 9.17) is 14.2 Å². The first-order chi connectivity index (χ1) is 15.1. The predicted octanol–water partition coefficient (Wildman–Crippen LogP) is 3.73. The molecule has 0 bridgehead atoms. The van der Waals surface area contributed by atoms with Crippen molar-refractivity contribution in [2.75, 3.05) is 45.8 Å². The second kappa shape index (κ2) is 9.85. The zero-order chi connectivity index (χ0) is 23.4. The summed E-state index contributed by atoms with van der Waals surface area (Å²) in [6.45, 7) is 2.88. The van der Waals surface area contributed by atoms with Gasteiger partial charge in [-0.1, -0.05) is 12.1 Å². The Balaban J connectivity index is 1.55. The third kappa shape index (κ3) is 6.18. The molecule has 1 aliphatic heterocycles. The fraction of sp³-hybridized carbons (Fsp3) is 0.455. The molecule has 10 heteroatoms. The van der Waals surface area contributed by atoms with E-state index in [0.717, 1.165) is 18.7 Å². The van der Waals surface area contributed by atoms with Gasteiger partial charge in [0.1, 0.15) is 6.61 Å². The highest BCUT2D eigenvalue weighted by atomic mass is 19.4. The molecule has 1 aromatic carbocycles. The molecule has 0 saturated carbocycles. The lowest BCUT2D eigenvalue weighted by Gasteiger charge is -2.36. The Morgan fingerprint density at radius 3 is 2.56 bits per heavy atom. The maximum atomic E-state index is 12.9. The van der Waals surface area contributed by atoms with Crippen LogP contribution in [0.2, 0.25) is 0 Å². The standard InChI is InChI=1S/C22H26F3N3O4/c1-21(20(29)27-17-7-8-18(26-12-17)30-10-9-28(2)3)13-31-19(32-14-21)15-5-4-6-16(11-15)22(23,24)25/h4-8,11-12,19H,9-10,13-14H2,1-3H3,(H,27,29). The van der Waals surface area contributed by atoms with Crippen LogP contribution in [-0.2, 0) is 20.4 Å². The van der Waals surface area contributed by atoms with Crippen molar-refractivity contribution < 1.29 is 32.2 Å². The molecule has 1 aliphatic rings. The summed E-state index contributed by atoms with van der Waals surface area (Å²) in [5, 5.41) is 2.76. The van der Waals surface area contributed by atoms with Gasteiger partial charge in [0.2, 0.25) is 11.8 Å². The summed E-state index contributed by atoms with van der Waals surface area (Å²) in [6.07, 6.45) is -3.94. The fourth-order valence-electron chi connectivity index (χ4n) is 2.95. The number of benzene rings is 1. The van der Waals surface area contributed by atoms with Crippen LogP contribution < -0.4 is 10.1 Å². The van der Waals surface area contributed by atoms with Crippen LogP contribution in [0.25, 0.3) is 0 Å². The van der Waals surface area contributed by atoms with E-state index in [9.17, 15) is 18.0 Å². The van der Waals surface area contributed by atoms with Crippen LogP contribution in [0.5, 0.6) is 5.88 Å². The average Bonchev–Trinajstić information content (AvgIpc) is 2.75. The number of ether oxygens (including phenoxy) is 3. The van der Waals surface area contributed by atoms with E-state index < -0.39 is 23.4 Å². The summed E-state index contributed by atoms with van der Waals surface area (Å²) in [5.74, 6) is 0.104. The third-order valence-corrected chi connectivity index (χ3v) is 4.92. The molecular weight excluding hydrogens is 427 g/mol. The van der Waals surface area contributed by atoms with Crippen molar-refractivity contribution in [2.45, 2.75) is 19.4 Å². The van der Waals surface area contributed by atoms with Gasteiger partial charge in [0.15, 0.2) is 6.29 Å². The summed E-state index contributed by atoms with van der Waals surface area (Å²) in [5.41, 5.74) is -1.07. The molecule has 0 spiro atoms. The number of hydrogen-bond acceptors (Lipinski definition) is 6. The number of pyridine rings is 1. The molecule has 2 heterocycles. The lowest BCUT2D eigenvalue weighted by atomic mass is 9.90. The second-order valence-corrected chi connectivity index (χ2v) is 8.13. The number of aromatic nitrogens is 1. The first kappa shape index (κ1) is 24.0. The minimum Gasteiger partial charge on any atom is -0.476 e. The third-order valence-electron chi connectivity index (χ3n) is 4.92. The molecule has 1 saturated heterocycles. The zero-order valence-corrected chi connectivity index (χ0v) is 18.1. The molecule has 1 aromatic heterocycles. The van der Waals surface area contributed by atoms with Gasteiger partial charge in [-0.2, -0.15) is 13.2 Å². The fourth-order valence-corrected chi connectivity index (χ4v) is 2.95. The molecule has 0 aliphatic carbocycles. The van der Waals surface area contributed by atoms with Crippen LogP contribution in [0, 0.1) is 5.41 Å². The number of halogens is 3. The van der Waals surface area contributed by atoms with Gasteiger partial charge in [-0.3, -0.25) is 4.79 Å². The SMILES string of the molecule is CN(C)CCOc1ccc(NC(=O)C2(C)COC(c3cccc(C(F)(F)F)c3)OC2)cn1. The van der Waals surface area contributed by atoms with Crippen LogP contribution in [-0.4, -0.2) is 56.3 Å². The maximum absolute atomic E-state index is 12.9. The number of carbonyl (C=O) groups is 1. The minimum absolute atomic E-state index is 0.0150. The number of alkyl halides is 3. The molecule has 32 heavy (non-hydrogen) atoms. The Hall–Kier alpha value is -2.69. The van der Waals surface area contributed by atoms with Gasteiger partial charge in [0.25, 0.3) is 0 Å². The first-order valence-corrected chi connectivity index (χ1v) is 10.0. The van der Waals surface area contributed by atoms with E-state index in [1.54, 1.807) is 19.1 Å². The van der Waals surface area contributed by atoms with Gasteiger partial charge in [-0.05, 0) is 39.2 Å². The van der Waals surface area contributed by atoms with Crippen LogP contribution in [0.3, 0.4) is 0 Å². The highest BCUT2D eigenvalue weighted by Crippen LogP contribution is 2.35. The molecule has 0 radical (unpaired) electrons. The quantitative estimate of drug-likeness (QED) is 0.689. The number of carbonyl (C=O) groups excluding carboxylic acids is 1. The van der Waals surface area contributed by atoms with Gasteiger partial charge < -0.3 is 24.4 Å². The number of hydrogen-bond donors (Lipinski definition) is 1. The van der Waals surface area contributed by atoms with E-state index in [-0.39, 0.29) is 24.7 Å². The Morgan fingerprint density at radius 2 is 1.97 bits per heavy atom. The van der Waals surface area contributed by atoms with Gasteiger partial charge >= 0.3 is 6.18 Å². The molecule has 7 nitrogen and oxygen atoms in total. The molecular formula is C22H26F3N3O4. The maximum Gasteiger partial charge on any atom is 0.416 e. The number of nitrogens with one attached hydrogen (secondary N) is 1. The van der Waals surface area contributed by atoms with Crippen molar-refractivity contribution in [3.8, 4) is 5.88 Å².